The Labute approximate surface area is 76.8 Å². The van der Waals surface area contributed by atoms with E-state index in [0.29, 0.717) is 21.8 Å². The van der Waals surface area contributed by atoms with E-state index in [4.69, 9.17) is 0 Å². The highest BCUT2D eigenvalue weighted by molar-refractivity contribution is 5.14. The predicted octanol–water partition coefficient (Wildman–Crippen LogP) is 1.22. The first kappa shape index (κ1) is 9.77. The highest BCUT2D eigenvalue weighted by atomic mass is 16.5. The van der Waals surface area contributed by atoms with Gasteiger partial charge in [-0.1, -0.05) is 13.8 Å². The lowest BCUT2D eigenvalue weighted by atomic mass is 10.1. The van der Waals surface area contributed by atoms with Crippen LogP contribution in [0.2, 0.25) is 0 Å². The molecule has 1 aromatic heterocycles. The van der Waals surface area contributed by atoms with Crippen LogP contribution >= 0.6 is 0 Å². The van der Waals surface area contributed by atoms with Gasteiger partial charge >= 0.3 is 5.56 Å². The Morgan fingerprint density at radius 3 is 2.38 bits per heavy atom. The molecule has 0 unspecified atom stereocenters. The molecule has 72 valence electrons. The molecule has 0 fully saturated rings. The maximum atomic E-state index is 11.4. The molecule has 1 heterocycles. The lowest BCUT2D eigenvalue weighted by molar-refractivity contribution is 0.164. The summed E-state index contributed by atoms with van der Waals surface area (Å²) in [6, 6.07) is 0. The highest BCUT2D eigenvalue weighted by Gasteiger charge is 2.12. The fourth-order valence-corrected chi connectivity index (χ4v) is 1.10. The van der Waals surface area contributed by atoms with Crippen LogP contribution in [0.1, 0.15) is 36.8 Å². The van der Waals surface area contributed by atoms with Gasteiger partial charge in [-0.05, 0) is 13.8 Å². The SMILES string of the molecule is Cc1nc(C(C)C)c(=O)n(O)c1C. The maximum Gasteiger partial charge on any atom is 0.305 e. The maximum absolute atomic E-state index is 11.4. The summed E-state index contributed by atoms with van der Waals surface area (Å²) in [4.78, 5) is 15.6. The first-order valence-corrected chi connectivity index (χ1v) is 4.24. The lowest BCUT2D eigenvalue weighted by Crippen LogP contribution is -2.27. The van der Waals surface area contributed by atoms with Crippen molar-refractivity contribution in [1.29, 1.82) is 0 Å². The third-order valence-electron chi connectivity index (χ3n) is 2.09. The van der Waals surface area contributed by atoms with E-state index < -0.39 is 5.56 Å². The van der Waals surface area contributed by atoms with Gasteiger partial charge in [-0.25, -0.2) is 0 Å². The number of hydrogen-bond acceptors (Lipinski definition) is 3. The average molecular weight is 182 g/mol. The molecule has 0 aliphatic carbocycles. The fraction of sp³-hybridized carbons (Fsp3) is 0.556. The molecule has 13 heavy (non-hydrogen) atoms. The van der Waals surface area contributed by atoms with Crippen LogP contribution in [0.5, 0.6) is 0 Å². The fourth-order valence-electron chi connectivity index (χ4n) is 1.10. The Morgan fingerprint density at radius 2 is 1.92 bits per heavy atom. The minimum atomic E-state index is -0.418. The number of nitrogens with zero attached hydrogens (tertiary/aromatic N) is 2. The van der Waals surface area contributed by atoms with Crippen LogP contribution in [-0.2, 0) is 0 Å². The third kappa shape index (κ3) is 1.56. The molecule has 4 heteroatoms. The van der Waals surface area contributed by atoms with Gasteiger partial charge in [-0.3, -0.25) is 9.78 Å². The monoisotopic (exact) mass is 182 g/mol. The topological polar surface area (TPSA) is 55.1 Å². The van der Waals surface area contributed by atoms with E-state index in [2.05, 4.69) is 4.98 Å². The van der Waals surface area contributed by atoms with Crippen LogP contribution in [0, 0.1) is 13.8 Å². The predicted molar refractivity (Wildman–Crippen MR) is 49.2 cm³/mol. The molecule has 0 aromatic carbocycles. The second-order valence-corrected chi connectivity index (χ2v) is 3.44. The standard InChI is InChI=1S/C9H14N2O2/c1-5(2)8-9(12)11(13)7(4)6(3)10-8/h5,13H,1-4H3. The lowest BCUT2D eigenvalue weighted by Gasteiger charge is -2.09. The van der Waals surface area contributed by atoms with E-state index in [1.54, 1.807) is 13.8 Å². The molecular formula is C9H14N2O2. The molecule has 1 rings (SSSR count). The molecule has 0 aliphatic heterocycles. The second-order valence-electron chi connectivity index (χ2n) is 3.44. The average Bonchev–Trinajstić information content (AvgIpc) is 2.07. The first-order chi connectivity index (χ1) is 5.95. The normalized spacial score (nSPS) is 10.8. The zero-order chi connectivity index (χ0) is 10.2. The Hall–Kier alpha value is -1.32. The largest absolute Gasteiger partial charge is 0.425 e. The molecule has 0 amide bonds. The summed E-state index contributed by atoms with van der Waals surface area (Å²) < 4.78 is 0.664. The molecule has 0 atom stereocenters. The van der Waals surface area contributed by atoms with E-state index in [-0.39, 0.29) is 5.92 Å². The van der Waals surface area contributed by atoms with Crippen molar-refractivity contribution >= 4 is 0 Å². The van der Waals surface area contributed by atoms with E-state index in [0.717, 1.165) is 0 Å². The third-order valence-corrected chi connectivity index (χ3v) is 2.09. The number of aromatic nitrogens is 2. The molecule has 0 saturated heterocycles. The van der Waals surface area contributed by atoms with Gasteiger partial charge in [0.1, 0.15) is 5.69 Å². The Morgan fingerprint density at radius 1 is 1.38 bits per heavy atom. The van der Waals surface area contributed by atoms with Gasteiger partial charge in [0.15, 0.2) is 0 Å². The van der Waals surface area contributed by atoms with Crippen molar-refractivity contribution in [2.75, 3.05) is 0 Å². The van der Waals surface area contributed by atoms with Crippen molar-refractivity contribution < 1.29 is 5.21 Å². The molecule has 0 bridgehead atoms. The van der Waals surface area contributed by atoms with Crippen molar-refractivity contribution in [1.82, 2.24) is 9.71 Å². The molecule has 0 spiro atoms. The number of hydrogen-bond donors (Lipinski definition) is 1. The van der Waals surface area contributed by atoms with Crippen LogP contribution in [0.4, 0.5) is 0 Å². The summed E-state index contributed by atoms with van der Waals surface area (Å²) in [5.74, 6) is 0.0326. The summed E-state index contributed by atoms with van der Waals surface area (Å²) in [6.45, 7) is 7.18. The molecule has 0 saturated carbocycles. The van der Waals surface area contributed by atoms with Crippen LogP contribution in [0.15, 0.2) is 4.79 Å². The zero-order valence-electron chi connectivity index (χ0n) is 8.33. The summed E-state index contributed by atoms with van der Waals surface area (Å²) >= 11 is 0. The van der Waals surface area contributed by atoms with Crippen molar-refractivity contribution in [3.8, 4) is 0 Å². The minimum absolute atomic E-state index is 0.0326. The van der Waals surface area contributed by atoms with Crippen LogP contribution < -0.4 is 5.56 Å². The van der Waals surface area contributed by atoms with Gasteiger partial charge in [-0.2, -0.15) is 0 Å². The first-order valence-electron chi connectivity index (χ1n) is 4.24. The number of aryl methyl sites for hydroxylation is 1. The van der Waals surface area contributed by atoms with Crippen molar-refractivity contribution in [2.45, 2.75) is 33.6 Å². The van der Waals surface area contributed by atoms with Gasteiger partial charge in [0, 0.05) is 5.92 Å². The highest BCUT2D eigenvalue weighted by Crippen LogP contribution is 2.08. The van der Waals surface area contributed by atoms with Crippen LogP contribution in [0.25, 0.3) is 0 Å². The van der Waals surface area contributed by atoms with Crippen LogP contribution in [-0.4, -0.2) is 14.9 Å². The molecule has 0 aliphatic rings. The van der Waals surface area contributed by atoms with Gasteiger partial charge < -0.3 is 5.21 Å². The van der Waals surface area contributed by atoms with Gasteiger partial charge in [-0.15, -0.1) is 4.73 Å². The summed E-state index contributed by atoms with van der Waals surface area (Å²) in [5, 5.41) is 9.38. The quantitative estimate of drug-likeness (QED) is 0.664. The van der Waals surface area contributed by atoms with Gasteiger partial charge in [0.05, 0.1) is 11.4 Å². The van der Waals surface area contributed by atoms with E-state index in [1.165, 1.54) is 0 Å². The van der Waals surface area contributed by atoms with E-state index in [1.807, 2.05) is 13.8 Å². The molecule has 1 N–H and O–H groups in total. The molecule has 4 nitrogen and oxygen atoms in total. The smallest absolute Gasteiger partial charge is 0.305 e. The summed E-state index contributed by atoms with van der Waals surface area (Å²) in [6.07, 6.45) is 0. The Bertz CT molecular complexity index is 380. The molecule has 0 radical (unpaired) electrons. The Kier molecular flexibility index (Phi) is 2.40. The number of rotatable bonds is 1. The zero-order valence-corrected chi connectivity index (χ0v) is 8.33. The second kappa shape index (κ2) is 3.20. The minimum Gasteiger partial charge on any atom is -0.425 e. The summed E-state index contributed by atoms with van der Waals surface area (Å²) in [5.41, 5.74) is 1.17. The summed E-state index contributed by atoms with van der Waals surface area (Å²) in [7, 11) is 0. The van der Waals surface area contributed by atoms with E-state index in [9.17, 15) is 10.0 Å². The molecular weight excluding hydrogens is 168 g/mol. The van der Waals surface area contributed by atoms with Crippen molar-refractivity contribution in [2.24, 2.45) is 0 Å². The molecule has 1 aromatic rings. The van der Waals surface area contributed by atoms with Crippen molar-refractivity contribution in [3.05, 3.63) is 27.4 Å². The van der Waals surface area contributed by atoms with E-state index >= 15 is 0 Å². The van der Waals surface area contributed by atoms with Crippen molar-refractivity contribution in [3.63, 3.8) is 0 Å². The van der Waals surface area contributed by atoms with Gasteiger partial charge in [0.2, 0.25) is 0 Å². The van der Waals surface area contributed by atoms with Crippen LogP contribution in [0.3, 0.4) is 0 Å². The Balaban J connectivity index is 3.51. The van der Waals surface area contributed by atoms with Gasteiger partial charge in [0.25, 0.3) is 0 Å².